The molecule has 3 nitrogen and oxygen atoms in total. The molecule has 1 aromatic rings. The van der Waals surface area contributed by atoms with Crippen LogP contribution in [0.4, 0.5) is 0 Å². The fourth-order valence-electron chi connectivity index (χ4n) is 2.25. The first-order chi connectivity index (χ1) is 8.20. The first-order valence-corrected chi connectivity index (χ1v) is 6.75. The Morgan fingerprint density at radius 3 is 3.06 bits per heavy atom. The van der Waals surface area contributed by atoms with E-state index < -0.39 is 0 Å². The van der Waals surface area contributed by atoms with Gasteiger partial charge in [-0.25, -0.2) is 0 Å². The molecule has 1 amide bonds. The van der Waals surface area contributed by atoms with Crippen molar-refractivity contribution in [3.63, 3.8) is 0 Å². The third-order valence-electron chi connectivity index (χ3n) is 3.21. The van der Waals surface area contributed by atoms with E-state index in [1.807, 2.05) is 29.2 Å². The normalized spacial score (nSPS) is 20.4. The summed E-state index contributed by atoms with van der Waals surface area (Å²) in [5.74, 6) is 0.573. The number of carbonyl (C=O) groups is 1. The van der Waals surface area contributed by atoms with Gasteiger partial charge >= 0.3 is 0 Å². The number of nitrogens with zero attached hydrogens (tertiary/aromatic N) is 1. The van der Waals surface area contributed by atoms with Gasteiger partial charge in [-0.3, -0.25) is 4.79 Å². The van der Waals surface area contributed by atoms with Crippen molar-refractivity contribution in [3.05, 3.63) is 34.3 Å². The summed E-state index contributed by atoms with van der Waals surface area (Å²) in [6, 6.07) is 7.55. The molecule has 1 saturated heterocycles. The van der Waals surface area contributed by atoms with Gasteiger partial charge in [0.2, 0.25) is 0 Å². The third kappa shape index (κ3) is 3.07. The van der Waals surface area contributed by atoms with E-state index in [0.29, 0.717) is 12.5 Å². The minimum atomic E-state index is 0.115. The van der Waals surface area contributed by atoms with Crippen LogP contribution in [0.3, 0.4) is 0 Å². The number of nitrogens with two attached hydrogens (primary N) is 1. The maximum atomic E-state index is 12.3. The van der Waals surface area contributed by atoms with Crippen LogP contribution >= 0.6 is 15.9 Å². The highest BCUT2D eigenvalue weighted by Crippen LogP contribution is 2.19. The summed E-state index contributed by atoms with van der Waals surface area (Å²) in [5, 5.41) is 0. The van der Waals surface area contributed by atoms with Gasteiger partial charge in [-0.1, -0.05) is 22.0 Å². The predicted octanol–water partition coefficient (Wildman–Crippen LogP) is 2.26. The van der Waals surface area contributed by atoms with Gasteiger partial charge in [0.25, 0.3) is 5.91 Å². The lowest BCUT2D eigenvalue weighted by Crippen LogP contribution is -2.42. The van der Waals surface area contributed by atoms with Crippen LogP contribution in [0.5, 0.6) is 0 Å². The van der Waals surface area contributed by atoms with E-state index in [1.165, 1.54) is 0 Å². The zero-order valence-corrected chi connectivity index (χ0v) is 11.3. The highest BCUT2D eigenvalue weighted by Gasteiger charge is 2.23. The summed E-state index contributed by atoms with van der Waals surface area (Å²) in [6.07, 6.45) is 2.19. The van der Waals surface area contributed by atoms with Gasteiger partial charge in [-0.05, 0) is 43.5 Å². The molecule has 1 aromatic carbocycles. The summed E-state index contributed by atoms with van der Waals surface area (Å²) in [7, 11) is 0. The van der Waals surface area contributed by atoms with Gasteiger partial charge in [-0.15, -0.1) is 0 Å². The molecule has 1 aliphatic heterocycles. The molecule has 0 spiro atoms. The molecule has 17 heavy (non-hydrogen) atoms. The molecule has 92 valence electrons. The van der Waals surface area contributed by atoms with E-state index in [0.717, 1.165) is 36.0 Å². The molecular weight excluding hydrogens is 280 g/mol. The van der Waals surface area contributed by atoms with Crippen molar-refractivity contribution in [3.8, 4) is 0 Å². The van der Waals surface area contributed by atoms with E-state index in [2.05, 4.69) is 15.9 Å². The summed E-state index contributed by atoms with van der Waals surface area (Å²) in [6.45, 7) is 2.31. The van der Waals surface area contributed by atoms with Crippen molar-refractivity contribution < 1.29 is 4.79 Å². The van der Waals surface area contributed by atoms with Gasteiger partial charge in [0.05, 0.1) is 0 Å². The van der Waals surface area contributed by atoms with Crippen molar-refractivity contribution in [2.45, 2.75) is 12.8 Å². The SMILES string of the molecule is NCC1CCCN(C(=O)c2cccc(Br)c2)C1. The van der Waals surface area contributed by atoms with Crippen LogP contribution < -0.4 is 5.73 Å². The Bertz CT molecular complexity index is 408. The second-order valence-electron chi connectivity index (χ2n) is 4.51. The Balaban J connectivity index is 2.09. The molecule has 4 heteroatoms. The smallest absolute Gasteiger partial charge is 0.253 e. The van der Waals surface area contributed by atoms with Crippen molar-refractivity contribution in [1.29, 1.82) is 0 Å². The van der Waals surface area contributed by atoms with Crippen LogP contribution in [0.1, 0.15) is 23.2 Å². The average molecular weight is 297 g/mol. The average Bonchev–Trinajstić information content (AvgIpc) is 2.38. The highest BCUT2D eigenvalue weighted by atomic mass is 79.9. The molecule has 1 aliphatic rings. The summed E-state index contributed by atoms with van der Waals surface area (Å²) >= 11 is 3.39. The minimum absolute atomic E-state index is 0.115. The number of rotatable bonds is 2. The molecule has 0 aromatic heterocycles. The summed E-state index contributed by atoms with van der Waals surface area (Å²) in [5.41, 5.74) is 6.43. The maximum absolute atomic E-state index is 12.3. The number of benzene rings is 1. The Hall–Kier alpha value is -0.870. The van der Waals surface area contributed by atoms with Crippen LogP contribution in [0, 0.1) is 5.92 Å². The van der Waals surface area contributed by atoms with Gasteiger partial charge in [-0.2, -0.15) is 0 Å². The summed E-state index contributed by atoms with van der Waals surface area (Å²) < 4.78 is 0.940. The Morgan fingerprint density at radius 1 is 1.53 bits per heavy atom. The molecule has 2 N–H and O–H groups in total. The molecular formula is C13H17BrN2O. The lowest BCUT2D eigenvalue weighted by atomic mass is 9.97. The van der Waals surface area contributed by atoms with Gasteiger partial charge in [0.15, 0.2) is 0 Å². The number of carbonyl (C=O) groups excluding carboxylic acids is 1. The van der Waals surface area contributed by atoms with Crippen molar-refractivity contribution in [1.82, 2.24) is 4.90 Å². The van der Waals surface area contributed by atoms with E-state index in [4.69, 9.17) is 5.73 Å². The first-order valence-electron chi connectivity index (χ1n) is 5.95. The zero-order valence-electron chi connectivity index (χ0n) is 9.73. The fourth-order valence-corrected chi connectivity index (χ4v) is 2.65. The van der Waals surface area contributed by atoms with Gasteiger partial charge < -0.3 is 10.6 Å². The molecule has 1 heterocycles. The van der Waals surface area contributed by atoms with Crippen molar-refractivity contribution in [2.24, 2.45) is 11.7 Å². The quantitative estimate of drug-likeness (QED) is 0.910. The van der Waals surface area contributed by atoms with E-state index >= 15 is 0 Å². The number of amides is 1. The van der Waals surface area contributed by atoms with Crippen LogP contribution in [0.15, 0.2) is 28.7 Å². The third-order valence-corrected chi connectivity index (χ3v) is 3.70. The topological polar surface area (TPSA) is 46.3 Å². The second kappa shape index (κ2) is 5.65. The molecule has 0 aliphatic carbocycles. The Labute approximate surface area is 110 Å². The largest absolute Gasteiger partial charge is 0.338 e. The number of piperidine rings is 1. The Morgan fingerprint density at radius 2 is 2.35 bits per heavy atom. The fraction of sp³-hybridized carbons (Fsp3) is 0.462. The summed E-state index contributed by atoms with van der Waals surface area (Å²) in [4.78, 5) is 14.2. The number of hydrogen-bond donors (Lipinski definition) is 1. The molecule has 1 fully saturated rings. The second-order valence-corrected chi connectivity index (χ2v) is 5.42. The van der Waals surface area contributed by atoms with Crippen LogP contribution in [-0.2, 0) is 0 Å². The molecule has 0 bridgehead atoms. The highest BCUT2D eigenvalue weighted by molar-refractivity contribution is 9.10. The van der Waals surface area contributed by atoms with Crippen LogP contribution in [0.25, 0.3) is 0 Å². The monoisotopic (exact) mass is 296 g/mol. The first kappa shape index (κ1) is 12.6. The lowest BCUT2D eigenvalue weighted by Gasteiger charge is -2.32. The minimum Gasteiger partial charge on any atom is -0.338 e. The molecule has 2 rings (SSSR count). The number of halogens is 1. The van der Waals surface area contributed by atoms with Gasteiger partial charge in [0.1, 0.15) is 0 Å². The Kier molecular flexibility index (Phi) is 4.18. The standard InChI is InChI=1S/C13H17BrN2O/c14-12-5-1-4-11(7-12)13(17)16-6-2-3-10(8-15)9-16/h1,4-5,7,10H,2-3,6,8-9,15H2. The molecule has 0 radical (unpaired) electrons. The van der Waals surface area contributed by atoms with Crippen LogP contribution in [-0.4, -0.2) is 30.4 Å². The molecule has 1 atom stereocenters. The number of hydrogen-bond acceptors (Lipinski definition) is 2. The van der Waals surface area contributed by atoms with Crippen LogP contribution in [0.2, 0.25) is 0 Å². The number of likely N-dealkylation sites (tertiary alicyclic amines) is 1. The molecule has 1 unspecified atom stereocenters. The zero-order chi connectivity index (χ0) is 12.3. The van der Waals surface area contributed by atoms with E-state index in [-0.39, 0.29) is 5.91 Å². The molecule has 0 saturated carbocycles. The van der Waals surface area contributed by atoms with E-state index in [1.54, 1.807) is 0 Å². The van der Waals surface area contributed by atoms with E-state index in [9.17, 15) is 4.79 Å². The lowest BCUT2D eigenvalue weighted by molar-refractivity contribution is 0.0678. The van der Waals surface area contributed by atoms with Crippen molar-refractivity contribution in [2.75, 3.05) is 19.6 Å². The predicted molar refractivity (Wildman–Crippen MR) is 71.8 cm³/mol. The maximum Gasteiger partial charge on any atom is 0.253 e. The van der Waals surface area contributed by atoms with Gasteiger partial charge in [0, 0.05) is 23.1 Å². The van der Waals surface area contributed by atoms with Crippen molar-refractivity contribution >= 4 is 21.8 Å².